The molecular formula is C18H20N2O. The Labute approximate surface area is 125 Å². The number of para-hydroxylation sites is 1. The lowest BCUT2D eigenvalue weighted by molar-refractivity contribution is -0.119. The third kappa shape index (κ3) is 3.14. The number of likely N-dealkylation sites (tertiary alicyclic amines) is 1. The summed E-state index contributed by atoms with van der Waals surface area (Å²) in [5.74, 6) is 0.224. The maximum absolute atomic E-state index is 12.4. The first kappa shape index (κ1) is 13.8. The SMILES string of the molecule is CN1CC[C@H](C(=O)Nc2ccccc2-c2ccccc2)C1. The maximum Gasteiger partial charge on any atom is 0.228 e. The Morgan fingerprint density at radius 2 is 1.81 bits per heavy atom. The molecule has 0 radical (unpaired) electrons. The first-order valence-corrected chi connectivity index (χ1v) is 7.38. The van der Waals surface area contributed by atoms with E-state index < -0.39 is 0 Å². The largest absolute Gasteiger partial charge is 0.325 e. The van der Waals surface area contributed by atoms with Crippen LogP contribution in [0.3, 0.4) is 0 Å². The highest BCUT2D eigenvalue weighted by molar-refractivity contribution is 5.97. The molecule has 3 heteroatoms. The van der Waals surface area contributed by atoms with Crippen molar-refractivity contribution in [3.63, 3.8) is 0 Å². The highest BCUT2D eigenvalue weighted by Gasteiger charge is 2.26. The molecule has 21 heavy (non-hydrogen) atoms. The number of anilines is 1. The molecule has 1 amide bonds. The van der Waals surface area contributed by atoms with Gasteiger partial charge >= 0.3 is 0 Å². The second-order valence-corrected chi connectivity index (χ2v) is 5.65. The summed E-state index contributed by atoms with van der Waals surface area (Å²) in [7, 11) is 2.06. The molecule has 0 aliphatic carbocycles. The Morgan fingerprint density at radius 3 is 2.52 bits per heavy atom. The van der Waals surface area contributed by atoms with Crippen LogP contribution in [0.25, 0.3) is 11.1 Å². The molecule has 1 aliphatic rings. The van der Waals surface area contributed by atoms with E-state index in [-0.39, 0.29) is 11.8 Å². The van der Waals surface area contributed by atoms with Gasteiger partial charge in [0, 0.05) is 17.8 Å². The molecule has 2 aromatic rings. The lowest BCUT2D eigenvalue weighted by Gasteiger charge is -2.14. The smallest absolute Gasteiger partial charge is 0.228 e. The van der Waals surface area contributed by atoms with Crippen LogP contribution < -0.4 is 5.32 Å². The predicted octanol–water partition coefficient (Wildman–Crippen LogP) is 3.24. The van der Waals surface area contributed by atoms with Crippen molar-refractivity contribution in [2.24, 2.45) is 5.92 Å². The number of carbonyl (C=O) groups excluding carboxylic acids is 1. The molecule has 3 nitrogen and oxygen atoms in total. The van der Waals surface area contributed by atoms with Gasteiger partial charge in [-0.15, -0.1) is 0 Å². The molecule has 108 valence electrons. The second kappa shape index (κ2) is 6.10. The van der Waals surface area contributed by atoms with Crippen LogP contribution in [0.4, 0.5) is 5.69 Å². The molecule has 1 saturated heterocycles. The van der Waals surface area contributed by atoms with E-state index in [2.05, 4.69) is 29.4 Å². The molecule has 1 N–H and O–H groups in total. The summed E-state index contributed by atoms with van der Waals surface area (Å²) >= 11 is 0. The van der Waals surface area contributed by atoms with Gasteiger partial charge in [-0.05, 0) is 31.6 Å². The van der Waals surface area contributed by atoms with Crippen LogP contribution in [-0.2, 0) is 4.79 Å². The van der Waals surface area contributed by atoms with Crippen LogP contribution in [0.15, 0.2) is 54.6 Å². The summed E-state index contributed by atoms with van der Waals surface area (Å²) < 4.78 is 0. The zero-order valence-corrected chi connectivity index (χ0v) is 12.3. The average Bonchev–Trinajstić information content (AvgIpc) is 2.95. The highest BCUT2D eigenvalue weighted by atomic mass is 16.1. The number of hydrogen-bond donors (Lipinski definition) is 1. The van der Waals surface area contributed by atoms with Gasteiger partial charge in [0.25, 0.3) is 0 Å². The average molecular weight is 280 g/mol. The minimum Gasteiger partial charge on any atom is -0.325 e. The zero-order chi connectivity index (χ0) is 14.7. The van der Waals surface area contributed by atoms with Crippen molar-refractivity contribution in [3.05, 3.63) is 54.6 Å². The minimum atomic E-state index is 0.0961. The fraction of sp³-hybridized carbons (Fsp3) is 0.278. The van der Waals surface area contributed by atoms with Crippen LogP contribution in [0, 0.1) is 5.92 Å². The molecule has 3 rings (SSSR count). The second-order valence-electron chi connectivity index (χ2n) is 5.65. The molecular weight excluding hydrogens is 260 g/mol. The topological polar surface area (TPSA) is 32.3 Å². The van der Waals surface area contributed by atoms with Gasteiger partial charge in [-0.2, -0.15) is 0 Å². The molecule has 0 saturated carbocycles. The Hall–Kier alpha value is -2.13. The molecule has 0 unspecified atom stereocenters. The molecule has 0 bridgehead atoms. The molecule has 1 heterocycles. The monoisotopic (exact) mass is 280 g/mol. The van der Waals surface area contributed by atoms with E-state index in [1.165, 1.54) is 0 Å². The van der Waals surface area contributed by atoms with Gasteiger partial charge in [-0.3, -0.25) is 4.79 Å². The summed E-state index contributed by atoms with van der Waals surface area (Å²) in [6, 6.07) is 18.1. The molecule has 0 spiro atoms. The number of amides is 1. The van der Waals surface area contributed by atoms with Gasteiger partial charge in [-0.1, -0.05) is 48.5 Å². The van der Waals surface area contributed by atoms with Crippen LogP contribution in [0.5, 0.6) is 0 Å². The molecule has 0 aromatic heterocycles. The summed E-state index contributed by atoms with van der Waals surface area (Å²) in [4.78, 5) is 14.6. The third-order valence-electron chi connectivity index (χ3n) is 4.03. The normalized spacial score (nSPS) is 18.6. The van der Waals surface area contributed by atoms with E-state index in [4.69, 9.17) is 0 Å². The Kier molecular flexibility index (Phi) is 4.02. The number of carbonyl (C=O) groups is 1. The Balaban J connectivity index is 1.81. The van der Waals surface area contributed by atoms with Crippen LogP contribution >= 0.6 is 0 Å². The molecule has 1 atom stereocenters. The van der Waals surface area contributed by atoms with Gasteiger partial charge in [0.05, 0.1) is 5.92 Å². The van der Waals surface area contributed by atoms with E-state index in [1.54, 1.807) is 0 Å². The van der Waals surface area contributed by atoms with Crippen molar-refractivity contribution in [2.75, 3.05) is 25.5 Å². The van der Waals surface area contributed by atoms with E-state index in [1.807, 2.05) is 42.5 Å². The van der Waals surface area contributed by atoms with Gasteiger partial charge in [-0.25, -0.2) is 0 Å². The van der Waals surface area contributed by atoms with E-state index >= 15 is 0 Å². The van der Waals surface area contributed by atoms with Gasteiger partial charge in [0.1, 0.15) is 0 Å². The predicted molar refractivity (Wildman–Crippen MR) is 86.1 cm³/mol. The Morgan fingerprint density at radius 1 is 1.10 bits per heavy atom. The number of hydrogen-bond acceptors (Lipinski definition) is 2. The summed E-state index contributed by atoms with van der Waals surface area (Å²) in [5, 5.41) is 3.11. The van der Waals surface area contributed by atoms with Crippen LogP contribution in [0.2, 0.25) is 0 Å². The van der Waals surface area contributed by atoms with Crippen molar-refractivity contribution < 1.29 is 4.79 Å². The van der Waals surface area contributed by atoms with Gasteiger partial charge < -0.3 is 10.2 Å². The van der Waals surface area contributed by atoms with Gasteiger partial charge in [0.2, 0.25) is 5.91 Å². The van der Waals surface area contributed by atoms with E-state index in [0.29, 0.717) is 0 Å². The molecule has 1 fully saturated rings. The lowest BCUT2D eigenvalue weighted by Crippen LogP contribution is -2.25. The third-order valence-corrected chi connectivity index (χ3v) is 4.03. The van der Waals surface area contributed by atoms with E-state index in [0.717, 1.165) is 36.3 Å². The fourth-order valence-electron chi connectivity index (χ4n) is 2.85. The fourth-order valence-corrected chi connectivity index (χ4v) is 2.85. The minimum absolute atomic E-state index is 0.0961. The molecule has 2 aromatic carbocycles. The van der Waals surface area contributed by atoms with Crippen LogP contribution in [0.1, 0.15) is 6.42 Å². The van der Waals surface area contributed by atoms with Crippen molar-refractivity contribution >= 4 is 11.6 Å². The van der Waals surface area contributed by atoms with Crippen molar-refractivity contribution in [1.82, 2.24) is 4.90 Å². The summed E-state index contributed by atoms with van der Waals surface area (Å²) in [6.07, 6.45) is 0.940. The Bertz CT molecular complexity index is 624. The number of rotatable bonds is 3. The van der Waals surface area contributed by atoms with Crippen molar-refractivity contribution in [3.8, 4) is 11.1 Å². The quantitative estimate of drug-likeness (QED) is 0.936. The number of nitrogens with one attached hydrogen (secondary N) is 1. The van der Waals surface area contributed by atoms with Crippen LogP contribution in [-0.4, -0.2) is 30.9 Å². The number of benzene rings is 2. The van der Waals surface area contributed by atoms with Crippen molar-refractivity contribution in [1.29, 1.82) is 0 Å². The zero-order valence-electron chi connectivity index (χ0n) is 12.3. The highest BCUT2D eigenvalue weighted by Crippen LogP contribution is 2.28. The number of nitrogens with zero attached hydrogens (tertiary/aromatic N) is 1. The van der Waals surface area contributed by atoms with Crippen molar-refractivity contribution in [2.45, 2.75) is 6.42 Å². The maximum atomic E-state index is 12.4. The summed E-state index contributed by atoms with van der Waals surface area (Å²) in [6.45, 7) is 1.84. The molecule has 1 aliphatic heterocycles. The van der Waals surface area contributed by atoms with E-state index in [9.17, 15) is 4.79 Å². The first-order chi connectivity index (χ1) is 10.2. The first-order valence-electron chi connectivity index (χ1n) is 7.38. The lowest BCUT2D eigenvalue weighted by atomic mass is 10.0. The van der Waals surface area contributed by atoms with Gasteiger partial charge in [0.15, 0.2) is 0 Å². The standard InChI is InChI=1S/C18H20N2O/c1-20-12-11-15(13-20)18(21)19-17-10-6-5-9-16(17)14-7-3-2-4-8-14/h2-10,15H,11-13H2,1H3,(H,19,21)/t15-/m0/s1. The summed E-state index contributed by atoms with van der Waals surface area (Å²) in [5.41, 5.74) is 3.08.